The minimum atomic E-state index is -0.246. The van der Waals surface area contributed by atoms with E-state index in [4.69, 9.17) is 0 Å². The Labute approximate surface area is 162 Å². The van der Waals surface area contributed by atoms with Gasteiger partial charge in [-0.1, -0.05) is 54.6 Å². The third kappa shape index (κ3) is 4.24. The van der Waals surface area contributed by atoms with Crippen LogP contribution in [0.3, 0.4) is 0 Å². The van der Waals surface area contributed by atoms with Gasteiger partial charge in [0, 0.05) is 12.1 Å². The number of carbonyl (C=O) groups excluding carboxylic acids is 1. The molecule has 1 amide bonds. The van der Waals surface area contributed by atoms with Crippen molar-refractivity contribution in [2.45, 2.75) is 6.54 Å². The number of hydrogen-bond acceptors (Lipinski definition) is 4. The van der Waals surface area contributed by atoms with Crippen molar-refractivity contribution in [1.29, 1.82) is 0 Å². The van der Waals surface area contributed by atoms with E-state index in [1.165, 1.54) is 0 Å². The summed E-state index contributed by atoms with van der Waals surface area (Å²) in [6.45, 7) is 0.605. The zero-order valence-corrected chi connectivity index (χ0v) is 15.1. The summed E-state index contributed by atoms with van der Waals surface area (Å²) in [7, 11) is 0. The maximum absolute atomic E-state index is 12.2. The summed E-state index contributed by atoms with van der Waals surface area (Å²) in [5, 5.41) is 7.25. The first-order valence-electron chi connectivity index (χ1n) is 8.94. The van der Waals surface area contributed by atoms with E-state index in [1.807, 2.05) is 66.7 Å². The lowest BCUT2D eigenvalue weighted by Crippen LogP contribution is -2.17. The number of nitrogens with one attached hydrogen (secondary N) is 3. The maximum Gasteiger partial charge on any atom is 0.271 e. The summed E-state index contributed by atoms with van der Waals surface area (Å²) >= 11 is 0. The number of fused-ring (bicyclic) bond motifs is 1. The summed E-state index contributed by atoms with van der Waals surface area (Å²) in [4.78, 5) is 19.9. The monoisotopic (exact) mass is 369 g/mol. The van der Waals surface area contributed by atoms with Crippen molar-refractivity contribution >= 4 is 29.1 Å². The molecule has 6 nitrogen and oxygen atoms in total. The number of rotatable bonds is 6. The molecule has 1 heterocycles. The number of benzene rings is 3. The number of aromatic amines is 1. The molecule has 0 bridgehead atoms. The summed E-state index contributed by atoms with van der Waals surface area (Å²) in [6, 6.07) is 24.9. The molecule has 3 N–H and O–H groups in total. The van der Waals surface area contributed by atoms with Crippen molar-refractivity contribution in [2.24, 2.45) is 5.10 Å². The van der Waals surface area contributed by atoms with Crippen LogP contribution in [0.15, 0.2) is 84.0 Å². The molecule has 0 aliphatic carbocycles. The van der Waals surface area contributed by atoms with Gasteiger partial charge in [0.05, 0.1) is 17.2 Å². The van der Waals surface area contributed by atoms with Crippen molar-refractivity contribution in [3.05, 3.63) is 95.6 Å². The van der Waals surface area contributed by atoms with E-state index < -0.39 is 0 Å². The molecule has 1 aromatic heterocycles. The van der Waals surface area contributed by atoms with E-state index in [2.05, 4.69) is 25.8 Å². The Hall–Kier alpha value is -3.93. The van der Waals surface area contributed by atoms with Crippen LogP contribution in [-0.4, -0.2) is 22.1 Å². The number of imidazole rings is 1. The van der Waals surface area contributed by atoms with Gasteiger partial charge in [-0.2, -0.15) is 5.10 Å². The Bertz CT molecular complexity index is 1070. The second-order valence-electron chi connectivity index (χ2n) is 6.26. The number of para-hydroxylation sites is 2. The lowest BCUT2D eigenvalue weighted by molar-refractivity contribution is 0.0955. The summed E-state index contributed by atoms with van der Waals surface area (Å²) in [5.41, 5.74) is 6.98. The van der Waals surface area contributed by atoms with Gasteiger partial charge >= 0.3 is 0 Å². The van der Waals surface area contributed by atoms with E-state index in [0.29, 0.717) is 12.1 Å². The van der Waals surface area contributed by atoms with Crippen LogP contribution in [0.2, 0.25) is 0 Å². The third-order valence-electron chi connectivity index (χ3n) is 4.24. The third-order valence-corrected chi connectivity index (χ3v) is 4.24. The van der Waals surface area contributed by atoms with Crippen LogP contribution in [0.5, 0.6) is 0 Å². The zero-order valence-electron chi connectivity index (χ0n) is 15.1. The quantitative estimate of drug-likeness (QED) is 0.356. The Morgan fingerprint density at radius 1 is 0.964 bits per heavy atom. The van der Waals surface area contributed by atoms with Gasteiger partial charge in [-0.25, -0.2) is 10.4 Å². The van der Waals surface area contributed by atoms with Crippen LogP contribution >= 0.6 is 0 Å². The van der Waals surface area contributed by atoms with Gasteiger partial charge in [0.25, 0.3) is 5.91 Å². The number of aromatic nitrogens is 2. The van der Waals surface area contributed by atoms with Crippen LogP contribution in [-0.2, 0) is 6.54 Å². The van der Waals surface area contributed by atoms with E-state index in [1.54, 1.807) is 18.3 Å². The van der Waals surface area contributed by atoms with E-state index >= 15 is 0 Å². The van der Waals surface area contributed by atoms with Gasteiger partial charge in [0.1, 0.15) is 0 Å². The molecule has 4 aromatic rings. The molecule has 0 aliphatic rings. The highest BCUT2D eigenvalue weighted by atomic mass is 16.2. The van der Waals surface area contributed by atoms with Crippen molar-refractivity contribution in [2.75, 3.05) is 5.32 Å². The molecule has 6 heteroatoms. The highest BCUT2D eigenvalue weighted by Crippen LogP contribution is 2.14. The summed E-state index contributed by atoms with van der Waals surface area (Å²) in [5.74, 6) is 0.474. The van der Waals surface area contributed by atoms with Crippen LogP contribution in [0.25, 0.3) is 11.0 Å². The maximum atomic E-state index is 12.2. The predicted molar refractivity (Wildman–Crippen MR) is 111 cm³/mol. The first-order valence-corrected chi connectivity index (χ1v) is 8.94. The lowest BCUT2D eigenvalue weighted by Gasteiger charge is -2.05. The molecule has 0 unspecified atom stereocenters. The Morgan fingerprint density at radius 2 is 1.71 bits per heavy atom. The molecule has 0 spiro atoms. The van der Waals surface area contributed by atoms with Gasteiger partial charge in [-0.15, -0.1) is 0 Å². The smallest absolute Gasteiger partial charge is 0.271 e. The minimum absolute atomic E-state index is 0.246. The summed E-state index contributed by atoms with van der Waals surface area (Å²) < 4.78 is 0. The lowest BCUT2D eigenvalue weighted by atomic mass is 10.1. The Morgan fingerprint density at radius 3 is 2.50 bits per heavy atom. The average Bonchev–Trinajstić information content (AvgIpc) is 3.16. The molecule has 0 saturated carbocycles. The van der Waals surface area contributed by atoms with Gasteiger partial charge < -0.3 is 10.3 Å². The van der Waals surface area contributed by atoms with E-state index in [-0.39, 0.29) is 5.91 Å². The van der Waals surface area contributed by atoms with Gasteiger partial charge in [-0.05, 0) is 35.4 Å². The number of hydrazone groups is 1. The molecular weight excluding hydrogens is 350 g/mol. The fraction of sp³-hybridized carbons (Fsp3) is 0.0455. The molecule has 138 valence electrons. The number of anilines is 1. The molecule has 3 aromatic carbocycles. The van der Waals surface area contributed by atoms with Crippen LogP contribution in [0.1, 0.15) is 21.5 Å². The second kappa shape index (κ2) is 8.18. The first-order chi connectivity index (χ1) is 13.8. The number of amides is 1. The van der Waals surface area contributed by atoms with Crippen LogP contribution in [0.4, 0.5) is 5.95 Å². The molecular formula is C22H19N5O. The predicted octanol–water partition coefficient (Wildman–Crippen LogP) is 3.94. The minimum Gasteiger partial charge on any atom is -0.352 e. The molecule has 0 radical (unpaired) electrons. The van der Waals surface area contributed by atoms with E-state index in [0.717, 1.165) is 28.1 Å². The molecule has 0 saturated heterocycles. The zero-order chi connectivity index (χ0) is 19.2. The average molecular weight is 369 g/mol. The first kappa shape index (κ1) is 17.5. The van der Waals surface area contributed by atoms with Gasteiger partial charge in [0.2, 0.25) is 5.95 Å². The second-order valence-corrected chi connectivity index (χ2v) is 6.26. The molecule has 4 rings (SSSR count). The Kier molecular flexibility index (Phi) is 5.11. The summed E-state index contributed by atoms with van der Waals surface area (Å²) in [6.07, 6.45) is 1.61. The highest BCUT2D eigenvalue weighted by molar-refractivity contribution is 5.94. The largest absolute Gasteiger partial charge is 0.352 e. The SMILES string of the molecule is O=C(N/N=C/c1ccccc1)c1ccc(CNc2nc3ccccc3[nH]2)cc1. The standard InChI is InChI=1S/C22H19N5O/c28-21(27-24-15-16-6-2-1-3-7-16)18-12-10-17(11-13-18)14-23-22-25-19-8-4-5-9-20(19)26-22/h1-13,15H,14H2,(H,27,28)(H2,23,25,26)/b24-15+. The van der Waals surface area contributed by atoms with Gasteiger partial charge in [-0.3, -0.25) is 4.79 Å². The van der Waals surface area contributed by atoms with Crippen molar-refractivity contribution in [3.8, 4) is 0 Å². The van der Waals surface area contributed by atoms with Crippen molar-refractivity contribution in [1.82, 2.24) is 15.4 Å². The molecule has 28 heavy (non-hydrogen) atoms. The van der Waals surface area contributed by atoms with Crippen molar-refractivity contribution in [3.63, 3.8) is 0 Å². The van der Waals surface area contributed by atoms with E-state index in [9.17, 15) is 4.79 Å². The van der Waals surface area contributed by atoms with Crippen molar-refractivity contribution < 1.29 is 4.79 Å². The fourth-order valence-electron chi connectivity index (χ4n) is 2.77. The molecule has 0 aliphatic heterocycles. The molecule has 0 atom stereocenters. The number of carbonyl (C=O) groups is 1. The number of nitrogens with zero attached hydrogens (tertiary/aromatic N) is 2. The topological polar surface area (TPSA) is 82.2 Å². The number of H-pyrrole nitrogens is 1. The molecule has 0 fully saturated rings. The Balaban J connectivity index is 1.32. The fourth-order valence-corrected chi connectivity index (χ4v) is 2.77. The number of hydrogen-bond donors (Lipinski definition) is 3. The highest BCUT2D eigenvalue weighted by Gasteiger charge is 2.05. The van der Waals surface area contributed by atoms with Crippen LogP contribution in [0, 0.1) is 0 Å². The van der Waals surface area contributed by atoms with Gasteiger partial charge in [0.15, 0.2) is 0 Å². The normalized spacial score (nSPS) is 11.0. The van der Waals surface area contributed by atoms with Crippen LogP contribution < -0.4 is 10.7 Å².